The molecule has 134 valence electrons. The normalized spacial score (nSPS) is 12.1. The summed E-state index contributed by atoms with van der Waals surface area (Å²) >= 11 is 0. The minimum absolute atomic E-state index is 0.119. The maximum absolute atomic E-state index is 14.2. The molecule has 25 heavy (non-hydrogen) atoms. The number of ether oxygens (including phenoxy) is 1. The Morgan fingerprint density at radius 2 is 1.72 bits per heavy atom. The fraction of sp³-hybridized carbons (Fsp3) is 0.316. The summed E-state index contributed by atoms with van der Waals surface area (Å²) in [7, 11) is 0. The number of carbonyl (C=O) groups excluding carboxylic acids is 1. The Labute approximate surface area is 144 Å². The third-order valence-corrected chi connectivity index (χ3v) is 3.93. The zero-order chi connectivity index (χ0) is 18.7. The molecule has 0 aliphatic heterocycles. The highest BCUT2D eigenvalue weighted by Crippen LogP contribution is 2.32. The van der Waals surface area contributed by atoms with E-state index in [0.717, 1.165) is 6.07 Å². The molecule has 0 aromatic heterocycles. The Kier molecular flexibility index (Phi) is 5.85. The van der Waals surface area contributed by atoms with Gasteiger partial charge in [-0.25, -0.2) is 13.2 Å². The topological polar surface area (TPSA) is 52.3 Å². The second kappa shape index (κ2) is 7.70. The lowest BCUT2D eigenvalue weighted by molar-refractivity contribution is -0.143. The van der Waals surface area contributed by atoms with Crippen molar-refractivity contribution in [3.8, 4) is 11.1 Å². The average Bonchev–Trinajstić information content (AvgIpc) is 2.49. The molecule has 0 aliphatic carbocycles. The van der Waals surface area contributed by atoms with Crippen LogP contribution in [0.25, 0.3) is 11.1 Å². The summed E-state index contributed by atoms with van der Waals surface area (Å²) in [4.78, 5) is 11.6. The number of aryl methyl sites for hydroxylation is 2. The zero-order valence-corrected chi connectivity index (χ0v) is 14.3. The number of benzene rings is 2. The number of nitrogens with two attached hydrogens (primary N) is 1. The van der Waals surface area contributed by atoms with E-state index in [1.165, 1.54) is 18.2 Å². The summed E-state index contributed by atoms with van der Waals surface area (Å²) in [6.07, 6.45) is -0.269. The van der Waals surface area contributed by atoms with Gasteiger partial charge in [-0.05, 0) is 67.3 Å². The molecular formula is C19H20F3NO2. The largest absolute Gasteiger partial charge is 0.466 e. The van der Waals surface area contributed by atoms with Gasteiger partial charge in [0.05, 0.1) is 13.0 Å². The van der Waals surface area contributed by atoms with E-state index < -0.39 is 29.5 Å². The molecule has 0 saturated carbocycles. The SMILES string of the molecule is CCOC(=O)C[C@H](N)c1cc(-c2c(C)cc(F)cc2C)cc(F)c1F. The molecule has 0 amide bonds. The first-order chi connectivity index (χ1) is 11.7. The Hall–Kier alpha value is -2.34. The lowest BCUT2D eigenvalue weighted by Crippen LogP contribution is -2.19. The summed E-state index contributed by atoms with van der Waals surface area (Å²) in [5, 5.41) is 0. The van der Waals surface area contributed by atoms with Crippen LogP contribution in [0, 0.1) is 31.3 Å². The molecule has 3 nitrogen and oxygen atoms in total. The van der Waals surface area contributed by atoms with Gasteiger partial charge in [0.25, 0.3) is 0 Å². The Bertz CT molecular complexity index is 782. The third-order valence-electron chi connectivity index (χ3n) is 3.93. The number of halogens is 3. The van der Waals surface area contributed by atoms with Crippen molar-refractivity contribution < 1.29 is 22.7 Å². The van der Waals surface area contributed by atoms with Gasteiger partial charge in [0.2, 0.25) is 0 Å². The maximum atomic E-state index is 14.2. The summed E-state index contributed by atoms with van der Waals surface area (Å²) < 4.78 is 46.6. The highest BCUT2D eigenvalue weighted by atomic mass is 19.2. The van der Waals surface area contributed by atoms with Crippen LogP contribution < -0.4 is 5.73 Å². The van der Waals surface area contributed by atoms with Crippen molar-refractivity contribution in [3.05, 3.63) is 58.4 Å². The van der Waals surface area contributed by atoms with Crippen LogP contribution in [0.4, 0.5) is 13.2 Å². The minimum atomic E-state index is -1.10. The monoisotopic (exact) mass is 351 g/mol. The molecule has 0 saturated heterocycles. The van der Waals surface area contributed by atoms with E-state index in [1.54, 1.807) is 20.8 Å². The molecule has 2 aromatic rings. The van der Waals surface area contributed by atoms with Gasteiger partial charge >= 0.3 is 5.97 Å². The standard InChI is InChI=1S/C19H20F3NO2/c1-4-25-17(24)9-16(23)14-7-12(8-15(21)19(14)22)18-10(2)5-13(20)6-11(18)3/h5-8,16H,4,9,23H2,1-3H3/t16-/m0/s1. The Morgan fingerprint density at radius 1 is 1.12 bits per heavy atom. The summed E-state index contributed by atoms with van der Waals surface area (Å²) in [6, 6.07) is 4.04. The fourth-order valence-electron chi connectivity index (χ4n) is 2.90. The number of hydrogen-bond acceptors (Lipinski definition) is 3. The molecule has 6 heteroatoms. The van der Waals surface area contributed by atoms with Crippen molar-refractivity contribution in [1.82, 2.24) is 0 Å². The quantitative estimate of drug-likeness (QED) is 0.815. The fourth-order valence-corrected chi connectivity index (χ4v) is 2.90. The molecule has 0 heterocycles. The van der Waals surface area contributed by atoms with E-state index in [4.69, 9.17) is 10.5 Å². The molecular weight excluding hydrogens is 331 g/mol. The van der Waals surface area contributed by atoms with Crippen LogP contribution in [0.1, 0.15) is 36.1 Å². The lowest BCUT2D eigenvalue weighted by Gasteiger charge is -2.16. The molecule has 0 fully saturated rings. The first-order valence-corrected chi connectivity index (χ1v) is 7.91. The van der Waals surface area contributed by atoms with Gasteiger partial charge in [-0.15, -0.1) is 0 Å². The highest BCUT2D eigenvalue weighted by molar-refractivity contribution is 5.73. The average molecular weight is 351 g/mol. The molecule has 0 radical (unpaired) electrons. The van der Waals surface area contributed by atoms with Gasteiger partial charge in [0.1, 0.15) is 5.82 Å². The second-order valence-electron chi connectivity index (χ2n) is 5.89. The van der Waals surface area contributed by atoms with E-state index in [9.17, 15) is 18.0 Å². The number of esters is 1. The second-order valence-corrected chi connectivity index (χ2v) is 5.89. The van der Waals surface area contributed by atoms with Crippen LogP contribution in [0.15, 0.2) is 24.3 Å². The van der Waals surface area contributed by atoms with Crippen molar-refractivity contribution in [2.75, 3.05) is 6.61 Å². The van der Waals surface area contributed by atoms with Gasteiger partial charge in [0.15, 0.2) is 11.6 Å². The smallest absolute Gasteiger partial charge is 0.307 e. The predicted molar refractivity (Wildman–Crippen MR) is 89.4 cm³/mol. The van der Waals surface area contributed by atoms with Crippen LogP contribution in [-0.4, -0.2) is 12.6 Å². The van der Waals surface area contributed by atoms with E-state index in [-0.39, 0.29) is 18.6 Å². The summed E-state index contributed by atoms with van der Waals surface area (Å²) in [5.41, 5.74) is 7.92. The molecule has 0 aliphatic rings. The number of rotatable bonds is 5. The van der Waals surface area contributed by atoms with Crippen molar-refractivity contribution in [2.45, 2.75) is 33.2 Å². The van der Waals surface area contributed by atoms with E-state index in [1.807, 2.05) is 0 Å². The van der Waals surface area contributed by atoms with Crippen LogP contribution in [0.5, 0.6) is 0 Å². The Morgan fingerprint density at radius 3 is 2.28 bits per heavy atom. The van der Waals surface area contributed by atoms with Gasteiger partial charge in [-0.3, -0.25) is 4.79 Å². The molecule has 0 spiro atoms. The maximum Gasteiger partial charge on any atom is 0.307 e. The van der Waals surface area contributed by atoms with E-state index >= 15 is 0 Å². The van der Waals surface area contributed by atoms with Crippen LogP contribution in [0.3, 0.4) is 0 Å². The molecule has 0 bridgehead atoms. The van der Waals surface area contributed by atoms with E-state index in [0.29, 0.717) is 22.3 Å². The van der Waals surface area contributed by atoms with Crippen molar-refractivity contribution in [1.29, 1.82) is 0 Å². The van der Waals surface area contributed by atoms with Crippen molar-refractivity contribution in [3.63, 3.8) is 0 Å². The summed E-state index contributed by atoms with van der Waals surface area (Å²) in [6.45, 7) is 5.19. The molecule has 0 unspecified atom stereocenters. The van der Waals surface area contributed by atoms with Crippen molar-refractivity contribution in [2.24, 2.45) is 5.73 Å². The first kappa shape index (κ1) is 19.0. The molecule has 2 aromatic carbocycles. The van der Waals surface area contributed by atoms with Crippen molar-refractivity contribution >= 4 is 5.97 Å². The lowest BCUT2D eigenvalue weighted by atomic mass is 9.92. The molecule has 1 atom stereocenters. The Balaban J connectivity index is 2.50. The first-order valence-electron chi connectivity index (χ1n) is 7.91. The molecule has 2 N–H and O–H groups in total. The third kappa shape index (κ3) is 4.20. The van der Waals surface area contributed by atoms with Crippen LogP contribution in [0.2, 0.25) is 0 Å². The number of hydrogen-bond donors (Lipinski definition) is 1. The van der Waals surface area contributed by atoms with Gasteiger partial charge in [-0.2, -0.15) is 0 Å². The minimum Gasteiger partial charge on any atom is -0.466 e. The number of carbonyl (C=O) groups is 1. The van der Waals surface area contributed by atoms with Crippen LogP contribution in [-0.2, 0) is 9.53 Å². The van der Waals surface area contributed by atoms with Gasteiger partial charge < -0.3 is 10.5 Å². The van der Waals surface area contributed by atoms with Gasteiger partial charge in [-0.1, -0.05) is 0 Å². The molecule has 2 rings (SSSR count). The van der Waals surface area contributed by atoms with E-state index in [2.05, 4.69) is 0 Å². The predicted octanol–water partition coefficient (Wildman–Crippen LogP) is 4.34. The highest BCUT2D eigenvalue weighted by Gasteiger charge is 2.21. The van der Waals surface area contributed by atoms with Gasteiger partial charge in [0, 0.05) is 11.6 Å². The van der Waals surface area contributed by atoms with Crippen LogP contribution >= 0.6 is 0 Å². The zero-order valence-electron chi connectivity index (χ0n) is 14.3. The summed E-state index contributed by atoms with van der Waals surface area (Å²) in [5.74, 6) is -3.16.